The van der Waals surface area contributed by atoms with Crippen molar-refractivity contribution < 1.29 is 4.74 Å². The minimum atomic E-state index is 0.508. The topological polar surface area (TPSA) is 15.7 Å². The monoisotopic (exact) mass is 420 g/mol. The summed E-state index contributed by atoms with van der Waals surface area (Å²) in [4.78, 5) is 5.30. The van der Waals surface area contributed by atoms with Crippen LogP contribution in [0.1, 0.15) is 69.0 Å². The SMILES string of the molecule is COCCCC(c1ccc(-c2ccc(CN3CCCCC3)cc2)cc1)N1CCC[C@@H]1C. The normalized spacial score (nSPS) is 21.4. The van der Waals surface area contributed by atoms with Crippen molar-refractivity contribution in [1.82, 2.24) is 9.80 Å². The van der Waals surface area contributed by atoms with Gasteiger partial charge in [0.05, 0.1) is 0 Å². The van der Waals surface area contributed by atoms with Gasteiger partial charge < -0.3 is 4.74 Å². The Morgan fingerprint density at radius 3 is 2.16 bits per heavy atom. The summed E-state index contributed by atoms with van der Waals surface area (Å²) >= 11 is 0. The van der Waals surface area contributed by atoms with Crippen molar-refractivity contribution in [3.63, 3.8) is 0 Å². The first kappa shape index (κ1) is 22.5. The number of nitrogens with zero attached hydrogens (tertiary/aromatic N) is 2. The molecule has 0 N–H and O–H groups in total. The van der Waals surface area contributed by atoms with Crippen LogP contribution in [0.3, 0.4) is 0 Å². The van der Waals surface area contributed by atoms with E-state index in [0.29, 0.717) is 12.1 Å². The molecule has 1 unspecified atom stereocenters. The van der Waals surface area contributed by atoms with E-state index in [2.05, 4.69) is 65.3 Å². The standard InChI is InChI=1S/C28H40N2O/c1-23-8-6-20-30(23)28(9-7-21-31-2)27-16-14-26(15-17-27)25-12-10-24(11-13-25)22-29-18-4-3-5-19-29/h10-17,23,28H,3-9,18-22H2,1-2H3/t23-,28?/m0/s1. The number of hydrogen-bond donors (Lipinski definition) is 0. The van der Waals surface area contributed by atoms with Crippen LogP contribution < -0.4 is 0 Å². The fourth-order valence-electron chi connectivity index (χ4n) is 5.44. The maximum Gasteiger partial charge on any atom is 0.0462 e. The van der Waals surface area contributed by atoms with Crippen LogP contribution >= 0.6 is 0 Å². The predicted octanol–water partition coefficient (Wildman–Crippen LogP) is 6.29. The van der Waals surface area contributed by atoms with Gasteiger partial charge in [-0.15, -0.1) is 0 Å². The summed E-state index contributed by atoms with van der Waals surface area (Å²) in [5, 5.41) is 0. The molecule has 0 radical (unpaired) electrons. The van der Waals surface area contributed by atoms with Crippen molar-refractivity contribution in [2.75, 3.05) is 33.4 Å². The van der Waals surface area contributed by atoms with Gasteiger partial charge in [-0.1, -0.05) is 55.0 Å². The third-order valence-corrected chi connectivity index (χ3v) is 7.27. The summed E-state index contributed by atoms with van der Waals surface area (Å²) in [6.07, 6.45) is 9.04. The second-order valence-electron chi connectivity index (χ2n) is 9.54. The fourth-order valence-corrected chi connectivity index (χ4v) is 5.44. The van der Waals surface area contributed by atoms with E-state index in [9.17, 15) is 0 Å². The van der Waals surface area contributed by atoms with Crippen LogP contribution in [0.25, 0.3) is 11.1 Å². The molecule has 2 heterocycles. The molecule has 2 aromatic rings. The highest BCUT2D eigenvalue weighted by Gasteiger charge is 2.28. The number of ether oxygens (including phenoxy) is 1. The Kier molecular flexibility index (Phi) is 8.18. The zero-order valence-electron chi connectivity index (χ0n) is 19.6. The van der Waals surface area contributed by atoms with E-state index >= 15 is 0 Å². The van der Waals surface area contributed by atoms with Crippen LogP contribution in [0.2, 0.25) is 0 Å². The van der Waals surface area contributed by atoms with Crippen LogP contribution in [0.4, 0.5) is 0 Å². The van der Waals surface area contributed by atoms with Gasteiger partial charge in [-0.25, -0.2) is 0 Å². The lowest BCUT2D eigenvalue weighted by Gasteiger charge is -2.32. The van der Waals surface area contributed by atoms with Gasteiger partial charge in [-0.2, -0.15) is 0 Å². The molecule has 2 fully saturated rings. The smallest absolute Gasteiger partial charge is 0.0462 e. The minimum absolute atomic E-state index is 0.508. The second kappa shape index (κ2) is 11.3. The number of likely N-dealkylation sites (tertiary alicyclic amines) is 2. The molecule has 3 heteroatoms. The quantitative estimate of drug-likeness (QED) is 0.443. The molecule has 2 aliphatic heterocycles. The Labute approximate surface area is 189 Å². The van der Waals surface area contributed by atoms with Crippen molar-refractivity contribution in [2.45, 2.75) is 70.5 Å². The molecule has 2 saturated heterocycles. The van der Waals surface area contributed by atoms with E-state index < -0.39 is 0 Å². The lowest BCUT2D eigenvalue weighted by Crippen LogP contribution is -2.31. The first-order valence-corrected chi connectivity index (χ1v) is 12.4. The average molecular weight is 421 g/mol. The summed E-state index contributed by atoms with van der Waals surface area (Å²) in [5.74, 6) is 0. The van der Waals surface area contributed by atoms with Gasteiger partial charge in [0.2, 0.25) is 0 Å². The summed E-state index contributed by atoms with van der Waals surface area (Å²) < 4.78 is 5.33. The molecule has 2 aromatic carbocycles. The van der Waals surface area contributed by atoms with E-state index in [1.54, 1.807) is 7.11 Å². The minimum Gasteiger partial charge on any atom is -0.385 e. The number of rotatable bonds is 9. The first-order valence-electron chi connectivity index (χ1n) is 12.4. The van der Waals surface area contributed by atoms with Crippen LogP contribution in [0, 0.1) is 0 Å². The van der Waals surface area contributed by atoms with Crippen LogP contribution in [0.5, 0.6) is 0 Å². The third-order valence-electron chi connectivity index (χ3n) is 7.27. The van der Waals surface area contributed by atoms with E-state index in [-0.39, 0.29) is 0 Å². The van der Waals surface area contributed by atoms with Crippen LogP contribution in [0.15, 0.2) is 48.5 Å². The van der Waals surface area contributed by atoms with Crippen molar-refractivity contribution in [2.24, 2.45) is 0 Å². The molecule has 3 nitrogen and oxygen atoms in total. The van der Waals surface area contributed by atoms with Gasteiger partial charge in [0, 0.05) is 32.3 Å². The highest BCUT2D eigenvalue weighted by atomic mass is 16.5. The van der Waals surface area contributed by atoms with E-state index in [1.165, 1.54) is 80.4 Å². The molecule has 0 amide bonds. The van der Waals surface area contributed by atoms with E-state index in [0.717, 1.165) is 19.6 Å². The lowest BCUT2D eigenvalue weighted by atomic mass is 9.96. The van der Waals surface area contributed by atoms with E-state index in [4.69, 9.17) is 4.74 Å². The molecule has 2 atom stereocenters. The lowest BCUT2D eigenvalue weighted by molar-refractivity contribution is 0.149. The van der Waals surface area contributed by atoms with Gasteiger partial charge in [-0.3, -0.25) is 9.80 Å². The number of benzene rings is 2. The maximum atomic E-state index is 5.33. The Morgan fingerprint density at radius 2 is 1.55 bits per heavy atom. The van der Waals surface area contributed by atoms with Crippen LogP contribution in [-0.4, -0.2) is 49.2 Å². The zero-order valence-corrected chi connectivity index (χ0v) is 19.6. The number of hydrogen-bond acceptors (Lipinski definition) is 3. The summed E-state index contributed by atoms with van der Waals surface area (Å²) in [5.41, 5.74) is 5.52. The molecule has 0 aliphatic carbocycles. The molecule has 31 heavy (non-hydrogen) atoms. The van der Waals surface area contributed by atoms with Gasteiger partial charge in [-0.05, 0) is 87.3 Å². The summed E-state index contributed by atoms with van der Waals surface area (Å²) in [7, 11) is 1.81. The van der Waals surface area contributed by atoms with E-state index in [1.807, 2.05) is 0 Å². The fraction of sp³-hybridized carbons (Fsp3) is 0.571. The highest BCUT2D eigenvalue weighted by molar-refractivity contribution is 5.64. The molecule has 0 spiro atoms. The predicted molar refractivity (Wildman–Crippen MR) is 130 cm³/mol. The Balaban J connectivity index is 1.43. The van der Waals surface area contributed by atoms with Crippen molar-refractivity contribution in [1.29, 1.82) is 0 Å². The van der Waals surface area contributed by atoms with Crippen LogP contribution in [-0.2, 0) is 11.3 Å². The number of methoxy groups -OCH3 is 1. The van der Waals surface area contributed by atoms with Gasteiger partial charge in [0.1, 0.15) is 0 Å². The number of piperidine rings is 1. The summed E-state index contributed by atoms with van der Waals surface area (Å²) in [6, 6.07) is 19.8. The molecule has 2 aliphatic rings. The van der Waals surface area contributed by atoms with Crippen molar-refractivity contribution >= 4 is 0 Å². The zero-order chi connectivity index (χ0) is 21.5. The second-order valence-corrected chi connectivity index (χ2v) is 9.54. The first-order chi connectivity index (χ1) is 15.2. The molecule has 4 rings (SSSR count). The Bertz CT molecular complexity index is 780. The molecule has 168 valence electrons. The average Bonchev–Trinajstić information content (AvgIpc) is 3.24. The molecule has 0 aromatic heterocycles. The van der Waals surface area contributed by atoms with Gasteiger partial charge in [0.25, 0.3) is 0 Å². The molecular formula is C28H40N2O. The van der Waals surface area contributed by atoms with Crippen molar-refractivity contribution in [3.05, 3.63) is 59.7 Å². The largest absolute Gasteiger partial charge is 0.385 e. The molecule has 0 saturated carbocycles. The summed E-state index contributed by atoms with van der Waals surface area (Å²) in [6.45, 7) is 8.06. The molecular weight excluding hydrogens is 380 g/mol. The Hall–Kier alpha value is -1.68. The van der Waals surface area contributed by atoms with Crippen molar-refractivity contribution in [3.8, 4) is 11.1 Å². The molecule has 0 bridgehead atoms. The maximum absolute atomic E-state index is 5.33. The third kappa shape index (κ3) is 5.97. The highest BCUT2D eigenvalue weighted by Crippen LogP contribution is 2.34. The van der Waals surface area contributed by atoms with Gasteiger partial charge in [0.15, 0.2) is 0 Å². The van der Waals surface area contributed by atoms with Gasteiger partial charge >= 0.3 is 0 Å². The Morgan fingerprint density at radius 1 is 0.871 bits per heavy atom.